The number of aromatic nitrogens is 4. The fourth-order valence-electron chi connectivity index (χ4n) is 8.08. The molecule has 16 heteroatoms. The van der Waals surface area contributed by atoms with Gasteiger partial charge in [-0.2, -0.15) is 0 Å². The summed E-state index contributed by atoms with van der Waals surface area (Å²) in [6.45, 7) is 4.94. The third-order valence-corrected chi connectivity index (χ3v) is 13.4. The van der Waals surface area contributed by atoms with Crippen LogP contribution in [-0.2, 0) is 19.1 Å². The lowest BCUT2D eigenvalue weighted by Crippen LogP contribution is -2.51. The van der Waals surface area contributed by atoms with E-state index >= 15 is 0 Å². The van der Waals surface area contributed by atoms with Crippen molar-refractivity contribution >= 4 is 56.1 Å². The highest BCUT2D eigenvalue weighted by Crippen LogP contribution is 2.41. The Balaban J connectivity index is 0.940. The summed E-state index contributed by atoms with van der Waals surface area (Å²) < 4.78 is 11.9. The molecule has 2 saturated heterocycles. The number of benzene rings is 2. The van der Waals surface area contributed by atoms with Crippen LogP contribution in [0.3, 0.4) is 0 Å². The number of imidazole rings is 2. The van der Waals surface area contributed by atoms with Gasteiger partial charge in [0.15, 0.2) is 0 Å². The summed E-state index contributed by atoms with van der Waals surface area (Å²) in [5.74, 6) is 7.50. The first-order chi connectivity index (χ1) is 29.6. The third-order valence-electron chi connectivity index (χ3n) is 11.2. The summed E-state index contributed by atoms with van der Waals surface area (Å²) in [6, 6.07) is 15.4. The first-order valence-corrected chi connectivity index (χ1v) is 22.0. The number of carbonyl (C=O) groups excluding carboxylic acids is 4. The first-order valence-electron chi connectivity index (χ1n) is 20.2. The van der Waals surface area contributed by atoms with E-state index in [1.165, 1.54) is 14.2 Å². The average Bonchev–Trinajstić information content (AvgIpc) is 4.14. The molecule has 0 aliphatic carbocycles. The van der Waals surface area contributed by atoms with Gasteiger partial charge in [0.25, 0.3) is 5.91 Å². The van der Waals surface area contributed by atoms with Gasteiger partial charge in [-0.05, 0) is 54.2 Å². The smallest absolute Gasteiger partial charge is 0.407 e. The number of alkyl carbamates (subject to hydrolysis) is 2. The molecule has 4 N–H and O–H groups in total. The van der Waals surface area contributed by atoms with Crippen molar-refractivity contribution < 1.29 is 28.7 Å². The van der Waals surface area contributed by atoms with E-state index in [1.807, 2.05) is 55.3 Å². The molecule has 61 heavy (non-hydrogen) atoms. The van der Waals surface area contributed by atoms with Crippen molar-refractivity contribution in [1.82, 2.24) is 40.4 Å². The van der Waals surface area contributed by atoms with Crippen molar-refractivity contribution in [2.75, 3.05) is 27.3 Å². The zero-order valence-electron chi connectivity index (χ0n) is 34.2. The Morgan fingerprint density at radius 3 is 2.07 bits per heavy atom. The van der Waals surface area contributed by atoms with Crippen LogP contribution in [0, 0.1) is 17.8 Å². The van der Waals surface area contributed by atoms with Crippen LogP contribution < -0.4 is 10.6 Å². The van der Waals surface area contributed by atoms with Crippen LogP contribution in [0.1, 0.15) is 86.1 Å². The molecular formula is C45H46N8O6S2. The van der Waals surface area contributed by atoms with Gasteiger partial charge in [0.1, 0.15) is 29.4 Å². The van der Waals surface area contributed by atoms with E-state index in [0.29, 0.717) is 30.2 Å². The largest absolute Gasteiger partial charge is 0.453 e. The fourth-order valence-corrected chi connectivity index (χ4v) is 10.4. The molecule has 0 saturated carbocycles. The third kappa shape index (κ3) is 8.61. The van der Waals surface area contributed by atoms with Gasteiger partial charge in [0.2, 0.25) is 5.91 Å². The number of rotatable bonds is 10. The molecule has 4 amide bonds. The van der Waals surface area contributed by atoms with E-state index in [4.69, 9.17) is 14.5 Å². The Labute approximate surface area is 361 Å². The molecule has 0 radical (unpaired) electrons. The maximum Gasteiger partial charge on any atom is 0.407 e. The van der Waals surface area contributed by atoms with Crippen LogP contribution in [0.15, 0.2) is 77.8 Å². The topological polar surface area (TPSA) is 175 Å². The maximum atomic E-state index is 13.9. The van der Waals surface area contributed by atoms with E-state index in [9.17, 15) is 19.2 Å². The van der Waals surface area contributed by atoms with Crippen LogP contribution >= 0.6 is 22.7 Å². The van der Waals surface area contributed by atoms with Gasteiger partial charge in [-0.25, -0.2) is 19.6 Å². The molecule has 2 fully saturated rings. The van der Waals surface area contributed by atoms with Crippen molar-refractivity contribution in [3.63, 3.8) is 0 Å². The van der Waals surface area contributed by atoms with E-state index in [1.54, 1.807) is 33.8 Å². The molecule has 14 nitrogen and oxygen atoms in total. The van der Waals surface area contributed by atoms with Crippen molar-refractivity contribution in [3.05, 3.63) is 106 Å². The second-order valence-electron chi connectivity index (χ2n) is 15.4. The SMILES string of the molecule is COC(=O)N[C@H](C(=O)N1CCCC1c1ncc(-c2ccc(-c3csc4c(C#Cc5cnc(C6CCCN6C(=O)[C@H](NC(=O)OC)c6ccccc6)[nH]5)csc34)cc2)[nH]1)C(C)C. The van der Waals surface area contributed by atoms with Gasteiger partial charge in [-0.1, -0.05) is 74.4 Å². The van der Waals surface area contributed by atoms with E-state index < -0.39 is 24.3 Å². The normalized spacial score (nSPS) is 17.2. The second kappa shape index (κ2) is 18.0. The molecule has 4 aromatic heterocycles. The Morgan fingerprint density at radius 1 is 0.754 bits per heavy atom. The highest BCUT2D eigenvalue weighted by molar-refractivity contribution is 7.27. The zero-order chi connectivity index (χ0) is 42.6. The lowest BCUT2D eigenvalue weighted by molar-refractivity contribution is -0.135. The Bertz CT molecular complexity index is 2600. The summed E-state index contributed by atoms with van der Waals surface area (Å²) >= 11 is 3.32. The van der Waals surface area contributed by atoms with Crippen molar-refractivity contribution in [2.45, 2.75) is 63.7 Å². The molecule has 2 aliphatic rings. The van der Waals surface area contributed by atoms with Gasteiger partial charge in [-0.3, -0.25) is 9.59 Å². The lowest BCUT2D eigenvalue weighted by atomic mass is 10.0. The number of amides is 4. The number of likely N-dealkylation sites (tertiary alicyclic amines) is 2. The number of nitrogens with zero attached hydrogens (tertiary/aromatic N) is 4. The molecular weight excluding hydrogens is 813 g/mol. The summed E-state index contributed by atoms with van der Waals surface area (Å²) in [5, 5.41) is 9.65. The van der Waals surface area contributed by atoms with Gasteiger partial charge in [-0.15, -0.1) is 22.7 Å². The average molecular weight is 859 g/mol. The number of nitrogens with one attached hydrogen (secondary N) is 4. The maximum absolute atomic E-state index is 13.9. The van der Waals surface area contributed by atoms with Crippen LogP contribution in [0.5, 0.6) is 0 Å². The highest BCUT2D eigenvalue weighted by atomic mass is 32.1. The lowest BCUT2D eigenvalue weighted by Gasteiger charge is -2.30. The summed E-state index contributed by atoms with van der Waals surface area (Å²) in [4.78, 5) is 71.4. The number of fused-ring (bicyclic) bond motifs is 1. The van der Waals surface area contributed by atoms with Crippen LogP contribution in [-0.4, -0.2) is 87.1 Å². The predicted octanol–water partition coefficient (Wildman–Crippen LogP) is 7.95. The monoisotopic (exact) mass is 858 g/mol. The number of H-pyrrole nitrogens is 2. The standard InChI is InChI=1S/C45H46N8O6S2/c1-26(2)36(50-44(56)58-3)42(54)52-20-9-13-35(52)41-47-23-33(49-41)28-16-14-27(15-17-28)32-25-61-38-30(24-60-39(32)38)18-19-31-22-46-40(48-31)34-12-8-21-53(34)43(55)37(51-45(57)59-4)29-10-6-5-7-11-29/h5-7,10-11,14-17,22-26,34-37H,8-9,12-13,20-21H2,1-4H3,(H,46,48)(H,47,49)(H,50,56)(H,51,57)/t34?,35?,36-,37+/m0/s1. The number of ether oxygens (including phenoxy) is 2. The summed E-state index contributed by atoms with van der Waals surface area (Å²) in [5.41, 5.74) is 6.33. The summed E-state index contributed by atoms with van der Waals surface area (Å²) in [6.07, 6.45) is 5.37. The molecule has 314 valence electrons. The number of carbonyl (C=O) groups is 4. The molecule has 6 aromatic rings. The molecule has 6 heterocycles. The van der Waals surface area contributed by atoms with Gasteiger partial charge < -0.3 is 39.9 Å². The number of hydrogen-bond acceptors (Lipinski definition) is 10. The number of thiophene rings is 2. The molecule has 2 unspecified atom stereocenters. The number of hydrogen-bond donors (Lipinski definition) is 4. The Morgan fingerprint density at radius 2 is 1.38 bits per heavy atom. The first kappa shape index (κ1) is 41.3. The van der Waals surface area contributed by atoms with E-state index in [-0.39, 0.29) is 29.8 Å². The van der Waals surface area contributed by atoms with Gasteiger partial charge >= 0.3 is 12.2 Å². The van der Waals surface area contributed by atoms with Crippen LogP contribution in [0.25, 0.3) is 31.8 Å². The van der Waals surface area contributed by atoms with Crippen molar-refractivity contribution in [3.8, 4) is 34.2 Å². The Kier molecular flexibility index (Phi) is 12.2. The zero-order valence-corrected chi connectivity index (χ0v) is 35.8. The van der Waals surface area contributed by atoms with Gasteiger partial charge in [0, 0.05) is 29.4 Å². The van der Waals surface area contributed by atoms with Crippen molar-refractivity contribution in [1.29, 1.82) is 0 Å². The minimum atomic E-state index is -0.890. The number of aromatic amines is 2. The Hall–Kier alpha value is -6.44. The van der Waals surface area contributed by atoms with Crippen LogP contribution in [0.4, 0.5) is 9.59 Å². The van der Waals surface area contributed by atoms with E-state index in [0.717, 1.165) is 68.9 Å². The molecule has 0 spiro atoms. The summed E-state index contributed by atoms with van der Waals surface area (Å²) in [7, 11) is 2.57. The molecule has 8 rings (SSSR count). The molecule has 0 bridgehead atoms. The fraction of sp³-hybridized carbons (Fsp3) is 0.333. The molecule has 2 aromatic carbocycles. The van der Waals surface area contributed by atoms with Gasteiger partial charge in [0.05, 0.1) is 59.4 Å². The van der Waals surface area contributed by atoms with Crippen molar-refractivity contribution in [2.24, 2.45) is 5.92 Å². The second-order valence-corrected chi connectivity index (χ2v) is 17.1. The highest BCUT2D eigenvalue weighted by Gasteiger charge is 2.38. The quantitative estimate of drug-likeness (QED) is 0.100. The molecule has 2 aliphatic heterocycles. The molecule has 4 atom stereocenters. The van der Waals surface area contributed by atoms with E-state index in [2.05, 4.69) is 72.5 Å². The van der Waals surface area contributed by atoms with Crippen LogP contribution in [0.2, 0.25) is 0 Å². The predicted molar refractivity (Wildman–Crippen MR) is 234 cm³/mol. The minimum Gasteiger partial charge on any atom is -0.453 e. The minimum absolute atomic E-state index is 0.109. The number of methoxy groups -OCH3 is 2.